The zero-order chi connectivity index (χ0) is 17.6. The first-order valence-corrected chi connectivity index (χ1v) is 10.2. The van der Waals surface area contributed by atoms with E-state index in [1.54, 1.807) is 0 Å². The van der Waals surface area contributed by atoms with Gasteiger partial charge in [-0.3, -0.25) is 0 Å². The Morgan fingerprint density at radius 3 is 2.52 bits per heavy atom. The number of piperazine rings is 1. The van der Waals surface area contributed by atoms with E-state index < -0.39 is 26.6 Å². The van der Waals surface area contributed by atoms with E-state index in [-0.39, 0.29) is 13.1 Å². The molecule has 2 aliphatic rings. The maximum atomic E-state index is 13.8. The Kier molecular flexibility index (Phi) is 4.20. The topological polar surface area (TPSA) is 66.4 Å². The van der Waals surface area contributed by atoms with Crippen molar-refractivity contribution in [1.82, 2.24) is 13.7 Å². The monoisotopic (exact) mass is 386 g/mol. The summed E-state index contributed by atoms with van der Waals surface area (Å²) in [6.07, 6.45) is 2.25. The number of benzene rings is 1. The quantitative estimate of drug-likeness (QED) is 0.806. The number of aromatic nitrogens is 2. The van der Waals surface area contributed by atoms with Gasteiger partial charge in [0.2, 0.25) is 15.2 Å². The van der Waals surface area contributed by atoms with Crippen LogP contribution in [-0.4, -0.2) is 48.3 Å². The average molecular weight is 386 g/mol. The first kappa shape index (κ1) is 16.8. The van der Waals surface area contributed by atoms with Gasteiger partial charge in [0, 0.05) is 43.6 Å². The van der Waals surface area contributed by atoms with Crippen molar-refractivity contribution in [2.45, 2.75) is 23.7 Å². The molecule has 0 amide bonds. The first-order chi connectivity index (χ1) is 11.9. The summed E-state index contributed by atoms with van der Waals surface area (Å²) in [4.78, 5) is 5.89. The number of sulfonamides is 1. The second kappa shape index (κ2) is 6.26. The molecule has 2 aromatic rings. The summed E-state index contributed by atoms with van der Waals surface area (Å²) in [6.45, 7) is 1.26. The molecule has 0 spiro atoms. The summed E-state index contributed by atoms with van der Waals surface area (Å²) >= 11 is 1.32. The molecule has 25 heavy (non-hydrogen) atoms. The molecule has 0 atom stereocenters. The highest BCUT2D eigenvalue weighted by Crippen LogP contribution is 2.39. The maximum Gasteiger partial charge on any atom is 0.246 e. The molecular weight excluding hydrogens is 370 g/mol. The fourth-order valence-electron chi connectivity index (χ4n) is 2.80. The third kappa shape index (κ3) is 3.25. The third-order valence-electron chi connectivity index (χ3n) is 4.39. The van der Waals surface area contributed by atoms with Crippen molar-refractivity contribution >= 4 is 26.7 Å². The lowest BCUT2D eigenvalue weighted by molar-refractivity contribution is 0.381. The van der Waals surface area contributed by atoms with Gasteiger partial charge in [0.05, 0.1) is 0 Å². The van der Waals surface area contributed by atoms with Crippen LogP contribution < -0.4 is 4.90 Å². The fraction of sp³-hybridized carbons (Fsp3) is 0.467. The van der Waals surface area contributed by atoms with Crippen LogP contribution in [0.2, 0.25) is 0 Å². The molecule has 0 unspecified atom stereocenters. The normalized spacial score (nSPS) is 19.4. The van der Waals surface area contributed by atoms with Crippen LogP contribution in [0.25, 0.3) is 0 Å². The molecule has 0 bridgehead atoms. The van der Waals surface area contributed by atoms with Crippen molar-refractivity contribution in [1.29, 1.82) is 0 Å². The molecule has 134 valence electrons. The average Bonchev–Trinajstić information content (AvgIpc) is 3.34. The summed E-state index contributed by atoms with van der Waals surface area (Å²) in [6, 6.07) is 2.46. The van der Waals surface area contributed by atoms with Gasteiger partial charge in [0.1, 0.15) is 22.4 Å². The molecule has 6 nitrogen and oxygen atoms in total. The molecule has 1 saturated carbocycles. The Balaban J connectivity index is 1.47. The van der Waals surface area contributed by atoms with Crippen LogP contribution in [-0.2, 0) is 10.0 Å². The minimum absolute atomic E-state index is 0.191. The van der Waals surface area contributed by atoms with Gasteiger partial charge in [-0.2, -0.15) is 8.68 Å². The molecule has 1 aromatic carbocycles. The predicted octanol–water partition coefficient (Wildman–Crippen LogP) is 2.20. The zero-order valence-electron chi connectivity index (χ0n) is 13.2. The van der Waals surface area contributed by atoms with Crippen LogP contribution in [0.15, 0.2) is 23.1 Å². The summed E-state index contributed by atoms with van der Waals surface area (Å²) in [5, 5.41) is 0.788. The minimum Gasteiger partial charge on any atom is -0.344 e. The Bertz CT molecular complexity index is 891. The zero-order valence-corrected chi connectivity index (χ0v) is 14.9. The van der Waals surface area contributed by atoms with Gasteiger partial charge in [0.25, 0.3) is 0 Å². The lowest BCUT2D eigenvalue weighted by Crippen LogP contribution is -2.48. The van der Waals surface area contributed by atoms with E-state index in [0.29, 0.717) is 19.0 Å². The van der Waals surface area contributed by atoms with Crippen LogP contribution >= 0.6 is 11.5 Å². The van der Waals surface area contributed by atoms with Gasteiger partial charge in [-0.1, -0.05) is 0 Å². The molecule has 1 aromatic heterocycles. The van der Waals surface area contributed by atoms with E-state index in [9.17, 15) is 17.2 Å². The lowest BCUT2D eigenvalue weighted by atomic mass is 10.3. The van der Waals surface area contributed by atoms with E-state index in [0.717, 1.165) is 42.0 Å². The second-order valence-electron chi connectivity index (χ2n) is 6.18. The van der Waals surface area contributed by atoms with Gasteiger partial charge in [0.15, 0.2) is 0 Å². The third-order valence-corrected chi connectivity index (χ3v) is 7.10. The molecule has 1 saturated heterocycles. The Labute approximate surface area is 148 Å². The first-order valence-electron chi connectivity index (χ1n) is 7.99. The summed E-state index contributed by atoms with van der Waals surface area (Å²) in [7, 11) is -4.06. The highest BCUT2D eigenvalue weighted by Gasteiger charge is 2.33. The van der Waals surface area contributed by atoms with Crippen LogP contribution in [0, 0.1) is 11.6 Å². The predicted molar refractivity (Wildman–Crippen MR) is 89.2 cm³/mol. The number of nitrogens with zero attached hydrogens (tertiary/aromatic N) is 4. The molecule has 4 rings (SSSR count). The second-order valence-corrected chi connectivity index (χ2v) is 8.81. The summed E-state index contributed by atoms with van der Waals surface area (Å²) in [5.41, 5.74) is 0. The van der Waals surface area contributed by atoms with E-state index in [4.69, 9.17) is 0 Å². The smallest absolute Gasteiger partial charge is 0.246 e. The maximum absolute atomic E-state index is 13.8. The Morgan fingerprint density at radius 1 is 1.12 bits per heavy atom. The van der Waals surface area contributed by atoms with Crippen molar-refractivity contribution in [3.63, 3.8) is 0 Å². The van der Waals surface area contributed by atoms with E-state index in [1.807, 2.05) is 4.90 Å². The molecule has 10 heteroatoms. The highest BCUT2D eigenvalue weighted by atomic mass is 32.2. The molecule has 2 heterocycles. The van der Waals surface area contributed by atoms with E-state index in [2.05, 4.69) is 9.36 Å². The van der Waals surface area contributed by atoms with Crippen molar-refractivity contribution < 1.29 is 17.2 Å². The van der Waals surface area contributed by atoms with Gasteiger partial charge in [-0.05, 0) is 31.0 Å². The van der Waals surface area contributed by atoms with Crippen molar-refractivity contribution in [2.24, 2.45) is 0 Å². The Morgan fingerprint density at radius 2 is 1.84 bits per heavy atom. The lowest BCUT2D eigenvalue weighted by Gasteiger charge is -2.33. The van der Waals surface area contributed by atoms with E-state index in [1.165, 1.54) is 15.8 Å². The summed E-state index contributed by atoms with van der Waals surface area (Å²) in [5.74, 6) is -0.374. The molecule has 2 fully saturated rings. The standard InChI is InChI=1S/C15H16F2N4O2S2/c16-11-3-4-12(17)13(9-11)25(22,23)21-7-5-20(6-8-21)15-18-14(19-24-15)10-1-2-10/h3-4,9-10H,1-2,5-8H2. The number of anilines is 1. The van der Waals surface area contributed by atoms with Gasteiger partial charge < -0.3 is 4.90 Å². The van der Waals surface area contributed by atoms with Gasteiger partial charge >= 0.3 is 0 Å². The van der Waals surface area contributed by atoms with E-state index >= 15 is 0 Å². The SMILES string of the molecule is O=S(=O)(c1cc(F)ccc1F)N1CCN(c2nc(C3CC3)ns2)CC1. The van der Waals surface area contributed by atoms with Gasteiger partial charge in [-0.25, -0.2) is 22.2 Å². The van der Waals surface area contributed by atoms with Crippen molar-refractivity contribution in [3.05, 3.63) is 35.7 Å². The Hall–Kier alpha value is -1.65. The van der Waals surface area contributed by atoms with Crippen LogP contribution in [0.5, 0.6) is 0 Å². The van der Waals surface area contributed by atoms with Crippen LogP contribution in [0.4, 0.5) is 13.9 Å². The van der Waals surface area contributed by atoms with Crippen LogP contribution in [0.1, 0.15) is 24.6 Å². The number of hydrogen-bond acceptors (Lipinski definition) is 6. The molecule has 0 radical (unpaired) electrons. The largest absolute Gasteiger partial charge is 0.344 e. The molecule has 0 N–H and O–H groups in total. The number of hydrogen-bond donors (Lipinski definition) is 0. The highest BCUT2D eigenvalue weighted by molar-refractivity contribution is 7.89. The van der Waals surface area contributed by atoms with Crippen LogP contribution in [0.3, 0.4) is 0 Å². The minimum atomic E-state index is -4.06. The molecule has 1 aliphatic carbocycles. The van der Waals surface area contributed by atoms with Gasteiger partial charge in [-0.15, -0.1) is 0 Å². The molecule has 1 aliphatic heterocycles. The number of halogens is 2. The van der Waals surface area contributed by atoms with Crippen molar-refractivity contribution in [3.8, 4) is 0 Å². The van der Waals surface area contributed by atoms with Crippen molar-refractivity contribution in [2.75, 3.05) is 31.1 Å². The molecular formula is C15H16F2N4O2S2. The fourth-order valence-corrected chi connectivity index (χ4v) is 5.09. The number of rotatable bonds is 4. The summed E-state index contributed by atoms with van der Waals surface area (Å²) < 4.78 is 57.9.